The molecular weight excluding hydrogens is 512 g/mol. The predicted octanol–water partition coefficient (Wildman–Crippen LogP) is 5.00. The molecule has 10 nitrogen and oxygen atoms in total. The van der Waals surface area contributed by atoms with Crippen molar-refractivity contribution < 1.29 is 28.7 Å². The first kappa shape index (κ1) is 27.6. The van der Waals surface area contributed by atoms with E-state index in [0.29, 0.717) is 45.0 Å². The summed E-state index contributed by atoms with van der Waals surface area (Å²) >= 11 is 0. The number of nitrogens with one attached hydrogen (secondary N) is 2. The lowest BCUT2D eigenvalue weighted by Crippen LogP contribution is -2.13. The fraction of sp³-hybridized carbons (Fsp3) is 0.133. The number of carbonyl (C=O) groups is 4. The summed E-state index contributed by atoms with van der Waals surface area (Å²) in [5.41, 5.74) is 3.24. The van der Waals surface area contributed by atoms with Crippen molar-refractivity contribution in [3.8, 4) is 11.4 Å². The quantitative estimate of drug-likeness (QED) is 0.284. The monoisotopic (exact) mass is 538 g/mol. The molecule has 0 aliphatic carbocycles. The van der Waals surface area contributed by atoms with E-state index < -0.39 is 11.9 Å². The molecule has 2 aromatic carbocycles. The van der Waals surface area contributed by atoms with E-state index in [0.717, 1.165) is 0 Å². The lowest BCUT2D eigenvalue weighted by atomic mass is 10.1. The number of ether oxygens (including phenoxy) is 2. The van der Waals surface area contributed by atoms with Crippen molar-refractivity contribution >= 4 is 35.1 Å². The maximum atomic E-state index is 12.9. The molecule has 40 heavy (non-hydrogen) atoms. The number of nitrogens with zero attached hydrogens (tertiary/aromatic N) is 2. The second-order valence-corrected chi connectivity index (χ2v) is 8.36. The van der Waals surface area contributed by atoms with Crippen LogP contribution in [0.5, 0.6) is 0 Å². The van der Waals surface area contributed by atoms with Crippen molar-refractivity contribution in [1.29, 1.82) is 0 Å². The van der Waals surface area contributed by atoms with Gasteiger partial charge in [-0.25, -0.2) is 9.59 Å². The van der Waals surface area contributed by atoms with Gasteiger partial charge in [0, 0.05) is 34.9 Å². The van der Waals surface area contributed by atoms with Gasteiger partial charge in [-0.1, -0.05) is 0 Å². The van der Waals surface area contributed by atoms with E-state index in [1.165, 1.54) is 12.4 Å². The molecule has 202 valence electrons. The van der Waals surface area contributed by atoms with Crippen LogP contribution in [0.3, 0.4) is 0 Å². The molecule has 0 aliphatic rings. The SMILES string of the molecule is CCOC(=O)c1ccc(NC(=O)c2ccnc(-c3cc(C(=O)Nc4ccc(C(=O)OCC)cc4)ccn3)c2)cc1. The van der Waals surface area contributed by atoms with Crippen molar-refractivity contribution in [2.24, 2.45) is 0 Å². The van der Waals surface area contributed by atoms with Crippen LogP contribution in [0.2, 0.25) is 0 Å². The molecule has 0 fully saturated rings. The van der Waals surface area contributed by atoms with Crippen LogP contribution in [-0.2, 0) is 9.47 Å². The Morgan fingerprint density at radius 1 is 0.575 bits per heavy atom. The number of rotatable bonds is 9. The van der Waals surface area contributed by atoms with E-state index in [9.17, 15) is 19.2 Å². The molecule has 0 atom stereocenters. The highest BCUT2D eigenvalue weighted by atomic mass is 16.5. The van der Waals surface area contributed by atoms with E-state index in [1.54, 1.807) is 86.6 Å². The van der Waals surface area contributed by atoms with Gasteiger partial charge in [-0.15, -0.1) is 0 Å². The number of hydrogen-bond acceptors (Lipinski definition) is 8. The van der Waals surface area contributed by atoms with Gasteiger partial charge in [0.2, 0.25) is 0 Å². The van der Waals surface area contributed by atoms with Crippen LogP contribution in [0.4, 0.5) is 11.4 Å². The standard InChI is InChI=1S/C30H26N4O6/c1-3-39-29(37)19-5-9-23(10-6-19)33-27(35)21-13-15-31-25(17-21)26-18-22(14-16-32-26)28(36)34-24-11-7-20(8-12-24)30(38)40-4-2/h5-18H,3-4H2,1-2H3,(H,33,35)(H,34,36). The van der Waals surface area contributed by atoms with Crippen molar-refractivity contribution in [2.45, 2.75) is 13.8 Å². The molecule has 4 aromatic rings. The summed E-state index contributed by atoms with van der Waals surface area (Å²) in [5.74, 6) is -1.63. The molecular formula is C30H26N4O6. The Morgan fingerprint density at radius 3 is 1.30 bits per heavy atom. The Bertz CT molecular complexity index is 1420. The molecule has 0 radical (unpaired) electrons. The van der Waals surface area contributed by atoms with E-state index in [1.807, 2.05) is 0 Å². The zero-order chi connectivity index (χ0) is 28.5. The highest BCUT2D eigenvalue weighted by Crippen LogP contribution is 2.20. The number of hydrogen-bond donors (Lipinski definition) is 2. The smallest absolute Gasteiger partial charge is 0.338 e. The van der Waals surface area contributed by atoms with Gasteiger partial charge in [-0.3, -0.25) is 19.6 Å². The number of esters is 2. The molecule has 0 spiro atoms. The highest BCUT2D eigenvalue weighted by molar-refractivity contribution is 6.06. The second-order valence-electron chi connectivity index (χ2n) is 8.36. The summed E-state index contributed by atoms with van der Waals surface area (Å²) in [6, 6.07) is 19.0. The molecule has 2 N–H and O–H groups in total. The summed E-state index contributed by atoms with van der Waals surface area (Å²) in [5, 5.41) is 5.56. The van der Waals surface area contributed by atoms with Crippen LogP contribution >= 0.6 is 0 Å². The van der Waals surface area contributed by atoms with Gasteiger partial charge < -0.3 is 20.1 Å². The van der Waals surface area contributed by atoms with Gasteiger partial charge >= 0.3 is 11.9 Å². The van der Waals surface area contributed by atoms with Gasteiger partial charge in [0.1, 0.15) is 0 Å². The van der Waals surface area contributed by atoms with E-state index >= 15 is 0 Å². The highest BCUT2D eigenvalue weighted by Gasteiger charge is 2.14. The number of anilines is 2. The summed E-state index contributed by atoms with van der Waals surface area (Å²) in [7, 11) is 0. The molecule has 4 rings (SSSR count). The summed E-state index contributed by atoms with van der Waals surface area (Å²) < 4.78 is 9.93. The number of amides is 2. The molecule has 2 aromatic heterocycles. The third-order valence-electron chi connectivity index (χ3n) is 5.61. The van der Waals surface area contributed by atoms with Crippen molar-refractivity contribution in [1.82, 2.24) is 9.97 Å². The van der Waals surface area contributed by atoms with Gasteiger partial charge in [0.25, 0.3) is 11.8 Å². The molecule has 0 saturated heterocycles. The Balaban J connectivity index is 1.44. The van der Waals surface area contributed by atoms with Gasteiger partial charge in [-0.05, 0) is 86.6 Å². The Morgan fingerprint density at radius 2 is 0.950 bits per heavy atom. The van der Waals surface area contributed by atoms with Crippen molar-refractivity contribution in [3.63, 3.8) is 0 Å². The van der Waals surface area contributed by atoms with Crippen LogP contribution < -0.4 is 10.6 Å². The Labute approximate surface area is 230 Å². The van der Waals surface area contributed by atoms with Crippen LogP contribution in [0.25, 0.3) is 11.4 Å². The van der Waals surface area contributed by atoms with Gasteiger partial charge in [0.05, 0.1) is 35.7 Å². The fourth-order valence-corrected chi connectivity index (χ4v) is 3.64. The third kappa shape index (κ3) is 6.93. The topological polar surface area (TPSA) is 137 Å². The lowest BCUT2D eigenvalue weighted by molar-refractivity contribution is 0.0517. The predicted molar refractivity (Wildman–Crippen MR) is 148 cm³/mol. The number of pyridine rings is 2. The second kappa shape index (κ2) is 12.9. The zero-order valence-corrected chi connectivity index (χ0v) is 21.8. The first-order chi connectivity index (χ1) is 19.4. The van der Waals surface area contributed by atoms with Gasteiger partial charge in [0.15, 0.2) is 0 Å². The van der Waals surface area contributed by atoms with Crippen molar-refractivity contribution in [3.05, 3.63) is 107 Å². The largest absolute Gasteiger partial charge is 0.462 e. The Hall–Kier alpha value is -5.38. The van der Waals surface area contributed by atoms with E-state index in [4.69, 9.17) is 9.47 Å². The molecule has 0 saturated carbocycles. The van der Waals surface area contributed by atoms with Crippen LogP contribution in [0, 0.1) is 0 Å². The van der Waals surface area contributed by atoms with Crippen molar-refractivity contribution in [2.75, 3.05) is 23.8 Å². The lowest BCUT2D eigenvalue weighted by Gasteiger charge is -2.09. The molecule has 10 heteroatoms. The molecule has 0 bridgehead atoms. The number of benzene rings is 2. The number of aromatic nitrogens is 2. The minimum atomic E-state index is -0.436. The Kier molecular flexibility index (Phi) is 8.93. The number of carbonyl (C=O) groups excluding carboxylic acids is 4. The van der Waals surface area contributed by atoms with Crippen LogP contribution in [0.1, 0.15) is 55.3 Å². The van der Waals surface area contributed by atoms with Crippen LogP contribution in [-0.4, -0.2) is 46.9 Å². The maximum absolute atomic E-state index is 12.9. The third-order valence-corrected chi connectivity index (χ3v) is 5.61. The van der Waals surface area contributed by atoms with E-state index in [2.05, 4.69) is 20.6 Å². The first-order valence-electron chi connectivity index (χ1n) is 12.5. The summed E-state index contributed by atoms with van der Waals surface area (Å²) in [6.45, 7) is 4.00. The minimum absolute atomic E-state index is 0.274. The first-order valence-corrected chi connectivity index (χ1v) is 12.5. The summed E-state index contributed by atoms with van der Waals surface area (Å²) in [4.78, 5) is 58.0. The maximum Gasteiger partial charge on any atom is 0.338 e. The average molecular weight is 539 g/mol. The molecule has 0 aliphatic heterocycles. The molecule has 2 heterocycles. The normalized spacial score (nSPS) is 10.3. The fourth-order valence-electron chi connectivity index (χ4n) is 3.64. The minimum Gasteiger partial charge on any atom is -0.462 e. The molecule has 0 unspecified atom stereocenters. The zero-order valence-electron chi connectivity index (χ0n) is 21.8. The van der Waals surface area contributed by atoms with E-state index in [-0.39, 0.29) is 25.0 Å². The summed E-state index contributed by atoms with van der Waals surface area (Å²) in [6.07, 6.45) is 2.96. The van der Waals surface area contributed by atoms with Crippen LogP contribution in [0.15, 0.2) is 85.2 Å². The van der Waals surface area contributed by atoms with Gasteiger partial charge in [-0.2, -0.15) is 0 Å². The molecule has 2 amide bonds. The average Bonchev–Trinajstić information content (AvgIpc) is 2.98.